The van der Waals surface area contributed by atoms with Gasteiger partial charge < -0.3 is 24.6 Å². The summed E-state index contributed by atoms with van der Waals surface area (Å²) in [4.78, 5) is 22.9. The van der Waals surface area contributed by atoms with Crippen LogP contribution in [0.1, 0.15) is 81.1 Å². The summed E-state index contributed by atoms with van der Waals surface area (Å²) < 4.78 is 15.2. The third-order valence-electron chi connectivity index (χ3n) is 4.28. The van der Waals surface area contributed by atoms with Crippen LogP contribution in [0.2, 0.25) is 0 Å². The number of carbonyl (C=O) groups excluding carboxylic acids is 2. The van der Waals surface area contributed by atoms with E-state index in [2.05, 4.69) is 46.9 Å². The van der Waals surface area contributed by atoms with Gasteiger partial charge in [0.25, 0.3) is 0 Å². The Bertz CT molecular complexity index is 457. The first-order chi connectivity index (χ1) is 13.7. The quantitative estimate of drug-likeness (QED) is 0.438. The van der Waals surface area contributed by atoms with Gasteiger partial charge in [-0.25, -0.2) is 4.79 Å². The van der Waals surface area contributed by atoms with Crippen LogP contribution in [0.5, 0.6) is 0 Å². The molecule has 1 unspecified atom stereocenters. The van der Waals surface area contributed by atoms with E-state index in [1.807, 2.05) is 13.8 Å². The largest absolute Gasteiger partial charge is 0.466 e. The molecule has 0 saturated carbocycles. The number of alkyl carbamates (subject to hydrolysis) is 1. The fraction of sp³-hybridized carbons (Fsp3) is 0.913. The monoisotopic (exact) mass is 433 g/mol. The van der Waals surface area contributed by atoms with Gasteiger partial charge in [0.05, 0.1) is 25.2 Å². The van der Waals surface area contributed by atoms with Crippen molar-refractivity contribution < 1.29 is 28.9 Å². The molecule has 0 aromatic rings. The van der Waals surface area contributed by atoms with Crippen LogP contribution in [-0.2, 0) is 19.0 Å². The number of aliphatic hydroxyl groups is 1. The zero-order valence-corrected chi connectivity index (χ0v) is 20.8. The maximum Gasteiger partial charge on any atom is 0.407 e. The second-order valence-electron chi connectivity index (χ2n) is 9.99. The Morgan fingerprint density at radius 3 is 2.07 bits per heavy atom. The van der Waals surface area contributed by atoms with Crippen LogP contribution in [0.25, 0.3) is 0 Å². The fourth-order valence-electron chi connectivity index (χ4n) is 2.49. The van der Waals surface area contributed by atoms with Gasteiger partial charge in [0.1, 0.15) is 0 Å². The Kier molecular flexibility index (Phi) is 16.8. The van der Waals surface area contributed by atoms with Crippen LogP contribution in [0.3, 0.4) is 0 Å². The highest BCUT2D eigenvalue weighted by atomic mass is 16.5. The molecule has 0 rings (SSSR count). The lowest BCUT2D eigenvalue weighted by Gasteiger charge is -2.22. The van der Waals surface area contributed by atoms with Crippen molar-refractivity contribution in [1.29, 1.82) is 0 Å². The average Bonchev–Trinajstić information content (AvgIpc) is 2.59. The fourth-order valence-corrected chi connectivity index (χ4v) is 2.49. The minimum absolute atomic E-state index is 0.158. The number of nitrogens with one attached hydrogen (secondary N) is 1. The smallest absolute Gasteiger partial charge is 0.407 e. The number of ether oxygens (including phenoxy) is 3. The molecule has 0 saturated heterocycles. The summed E-state index contributed by atoms with van der Waals surface area (Å²) in [5, 5.41) is 11.0. The molecule has 0 aliphatic carbocycles. The Morgan fingerprint density at radius 1 is 1.03 bits per heavy atom. The number of carbonyl (C=O) groups is 2. The van der Waals surface area contributed by atoms with Gasteiger partial charge in [-0.15, -0.1) is 0 Å². The number of aliphatic hydroxyl groups excluding tert-OH is 1. The Balaban J connectivity index is 0. The molecule has 0 aromatic heterocycles. The van der Waals surface area contributed by atoms with E-state index in [0.717, 1.165) is 12.8 Å². The van der Waals surface area contributed by atoms with Crippen molar-refractivity contribution in [2.45, 2.75) is 86.7 Å². The minimum Gasteiger partial charge on any atom is -0.466 e. The van der Waals surface area contributed by atoms with Crippen molar-refractivity contribution in [3.63, 3.8) is 0 Å². The summed E-state index contributed by atoms with van der Waals surface area (Å²) in [6.07, 6.45) is 2.24. The van der Waals surface area contributed by atoms with E-state index in [1.54, 1.807) is 7.11 Å². The molecule has 0 heterocycles. The summed E-state index contributed by atoms with van der Waals surface area (Å²) in [6, 6.07) is 0. The first-order valence-electron chi connectivity index (χ1n) is 10.9. The number of hydrogen-bond acceptors (Lipinski definition) is 6. The van der Waals surface area contributed by atoms with Gasteiger partial charge in [0, 0.05) is 20.3 Å². The lowest BCUT2D eigenvalue weighted by molar-refractivity contribution is -0.143. The number of hydrogen-bond donors (Lipinski definition) is 2. The van der Waals surface area contributed by atoms with Crippen LogP contribution in [0.15, 0.2) is 0 Å². The molecule has 7 nitrogen and oxygen atoms in total. The van der Waals surface area contributed by atoms with Crippen LogP contribution in [0.4, 0.5) is 4.79 Å². The second-order valence-corrected chi connectivity index (χ2v) is 9.99. The van der Waals surface area contributed by atoms with E-state index in [1.165, 1.54) is 0 Å². The lowest BCUT2D eigenvalue weighted by Crippen LogP contribution is -2.29. The first-order valence-corrected chi connectivity index (χ1v) is 10.9. The van der Waals surface area contributed by atoms with E-state index in [0.29, 0.717) is 31.5 Å². The third kappa shape index (κ3) is 22.9. The predicted molar refractivity (Wildman–Crippen MR) is 120 cm³/mol. The van der Waals surface area contributed by atoms with Gasteiger partial charge in [-0.2, -0.15) is 0 Å². The van der Waals surface area contributed by atoms with Crippen LogP contribution < -0.4 is 5.32 Å². The Labute approximate surface area is 184 Å². The lowest BCUT2D eigenvalue weighted by atomic mass is 9.86. The van der Waals surface area contributed by atoms with E-state index in [4.69, 9.17) is 19.3 Å². The molecule has 7 heteroatoms. The van der Waals surface area contributed by atoms with Gasteiger partial charge in [0.2, 0.25) is 0 Å². The number of amides is 1. The molecule has 2 N–H and O–H groups in total. The van der Waals surface area contributed by atoms with Crippen LogP contribution >= 0.6 is 0 Å². The minimum atomic E-state index is -0.476. The Hall–Kier alpha value is -1.34. The first kappa shape index (κ1) is 30.9. The molecule has 0 radical (unpaired) electrons. The summed E-state index contributed by atoms with van der Waals surface area (Å²) in [6.45, 7) is 17.9. The zero-order chi connectivity index (χ0) is 23.8. The topological polar surface area (TPSA) is 94.1 Å². The maximum absolute atomic E-state index is 11.5. The summed E-state index contributed by atoms with van der Waals surface area (Å²) >= 11 is 0. The van der Waals surface area contributed by atoms with E-state index >= 15 is 0 Å². The van der Waals surface area contributed by atoms with Crippen molar-refractivity contribution >= 4 is 12.1 Å². The number of methoxy groups -OCH3 is 1. The summed E-state index contributed by atoms with van der Waals surface area (Å²) in [5.74, 6) is 0.532. The number of rotatable bonds is 12. The van der Waals surface area contributed by atoms with Gasteiger partial charge in [-0.1, -0.05) is 41.5 Å². The van der Waals surface area contributed by atoms with Crippen molar-refractivity contribution in [2.24, 2.45) is 17.3 Å². The zero-order valence-electron chi connectivity index (χ0n) is 20.8. The molecule has 0 aromatic carbocycles. The standard InChI is InChI=1S/C17H33NO4.C6H14O2/c1-13(2)8-10-21-15(19)7-9-18-16(20)22-12-14(3)11-17(4,5)6;1-6(2,8-3)4-5-7/h13-14H,7-12H2,1-6H3,(H,18,20);7H,4-5H2,1-3H3. The third-order valence-corrected chi connectivity index (χ3v) is 4.28. The van der Waals surface area contributed by atoms with Crippen LogP contribution in [-0.4, -0.2) is 56.2 Å². The van der Waals surface area contributed by atoms with Crippen molar-refractivity contribution in [3.8, 4) is 0 Å². The SMILES string of the molecule is CC(C)CCOC(=O)CCNC(=O)OCC(C)CC(C)(C)C.COC(C)(C)CCO. The van der Waals surface area contributed by atoms with E-state index in [9.17, 15) is 9.59 Å². The highest BCUT2D eigenvalue weighted by Crippen LogP contribution is 2.24. The van der Waals surface area contributed by atoms with Crippen molar-refractivity contribution in [1.82, 2.24) is 5.32 Å². The van der Waals surface area contributed by atoms with E-state index < -0.39 is 6.09 Å². The molecule has 0 aliphatic heterocycles. The molecule has 0 aliphatic rings. The predicted octanol–water partition coefficient (Wildman–Crippen LogP) is 4.56. The van der Waals surface area contributed by atoms with Gasteiger partial charge in [-0.05, 0) is 50.4 Å². The molecule has 180 valence electrons. The molecule has 1 atom stereocenters. The average molecular weight is 434 g/mol. The van der Waals surface area contributed by atoms with Gasteiger partial charge in [0.15, 0.2) is 0 Å². The molecule has 1 amide bonds. The molecular weight excluding hydrogens is 386 g/mol. The van der Waals surface area contributed by atoms with Crippen molar-refractivity contribution in [2.75, 3.05) is 33.5 Å². The molecular formula is C23H47NO6. The molecule has 0 fully saturated rings. The highest BCUT2D eigenvalue weighted by molar-refractivity contribution is 5.71. The molecule has 0 bridgehead atoms. The maximum atomic E-state index is 11.5. The highest BCUT2D eigenvalue weighted by Gasteiger charge is 2.17. The molecule has 30 heavy (non-hydrogen) atoms. The Morgan fingerprint density at radius 2 is 1.63 bits per heavy atom. The summed E-state index contributed by atoms with van der Waals surface area (Å²) in [5.41, 5.74) is 0.0632. The summed E-state index contributed by atoms with van der Waals surface area (Å²) in [7, 11) is 1.65. The van der Waals surface area contributed by atoms with Crippen molar-refractivity contribution in [3.05, 3.63) is 0 Å². The molecule has 0 spiro atoms. The second kappa shape index (κ2) is 16.4. The number of esters is 1. The van der Waals surface area contributed by atoms with Gasteiger partial charge >= 0.3 is 12.1 Å². The van der Waals surface area contributed by atoms with Crippen LogP contribution in [0, 0.1) is 17.3 Å². The van der Waals surface area contributed by atoms with E-state index in [-0.39, 0.29) is 36.6 Å². The van der Waals surface area contributed by atoms with Gasteiger partial charge in [-0.3, -0.25) is 4.79 Å². The normalized spacial score (nSPS) is 12.6.